The number of rotatable bonds is 3. The number of amides is 3. The van der Waals surface area contributed by atoms with Crippen LogP contribution >= 0.6 is 0 Å². The third-order valence-electron chi connectivity index (χ3n) is 6.71. The number of nitrogens with zero attached hydrogens (tertiary/aromatic N) is 1. The molecule has 2 saturated carbocycles. The summed E-state index contributed by atoms with van der Waals surface area (Å²) in [5, 5.41) is 2.90. The van der Waals surface area contributed by atoms with E-state index in [-0.39, 0.29) is 29.6 Å². The van der Waals surface area contributed by atoms with Crippen molar-refractivity contribution in [1.82, 2.24) is 0 Å². The molecular formula is C23H22N2O3. The second-order valence-electron chi connectivity index (χ2n) is 8.21. The summed E-state index contributed by atoms with van der Waals surface area (Å²) in [6, 6.07) is 14.3. The van der Waals surface area contributed by atoms with Gasteiger partial charge in [-0.25, -0.2) is 0 Å². The first-order chi connectivity index (χ1) is 13.5. The molecule has 142 valence electrons. The Kier molecular flexibility index (Phi) is 3.86. The Morgan fingerprint density at radius 1 is 0.929 bits per heavy atom. The normalized spacial score (nSPS) is 28.0. The zero-order chi connectivity index (χ0) is 19.4. The third-order valence-corrected chi connectivity index (χ3v) is 6.71. The Labute approximate surface area is 163 Å². The number of anilines is 2. The summed E-state index contributed by atoms with van der Waals surface area (Å²) in [6.45, 7) is 1.94. The van der Waals surface area contributed by atoms with Gasteiger partial charge < -0.3 is 5.32 Å². The first-order valence-corrected chi connectivity index (χ1v) is 9.89. The fraction of sp³-hybridized carbons (Fsp3) is 0.348. The fourth-order valence-corrected chi connectivity index (χ4v) is 5.33. The molecule has 0 radical (unpaired) electrons. The number of nitrogens with one attached hydrogen (secondary N) is 1. The standard InChI is InChI=1S/C23H22N2O3/c1-13-4-2-3-5-18(13)24-21(26)14-8-10-17(11-9-14)25-22(27)19-15-6-7-16(12-15)20(19)23(25)28/h2-5,8-11,15-16,19-20H,6-7,12H2,1H3,(H,24,26)/t15-,16-,19-,20-/m0/s1. The van der Waals surface area contributed by atoms with E-state index in [9.17, 15) is 14.4 Å². The van der Waals surface area contributed by atoms with Crippen molar-refractivity contribution in [2.24, 2.45) is 23.7 Å². The Morgan fingerprint density at radius 2 is 1.54 bits per heavy atom. The largest absolute Gasteiger partial charge is 0.322 e. The molecule has 2 aromatic rings. The zero-order valence-corrected chi connectivity index (χ0v) is 15.7. The van der Waals surface area contributed by atoms with Crippen LogP contribution in [0.1, 0.15) is 35.2 Å². The number of hydrogen-bond donors (Lipinski definition) is 1. The summed E-state index contributed by atoms with van der Waals surface area (Å²) in [5.41, 5.74) is 2.81. The fourth-order valence-electron chi connectivity index (χ4n) is 5.33. The zero-order valence-electron chi connectivity index (χ0n) is 15.7. The predicted molar refractivity (Wildman–Crippen MR) is 106 cm³/mol. The van der Waals surface area contributed by atoms with Gasteiger partial charge in [0.2, 0.25) is 11.8 Å². The molecule has 3 amide bonds. The smallest absolute Gasteiger partial charge is 0.255 e. The van der Waals surface area contributed by atoms with Gasteiger partial charge in [-0.2, -0.15) is 0 Å². The van der Waals surface area contributed by atoms with Crippen LogP contribution in [0.4, 0.5) is 11.4 Å². The van der Waals surface area contributed by atoms with E-state index in [0.29, 0.717) is 23.1 Å². The van der Waals surface area contributed by atoms with Crippen LogP contribution in [0.3, 0.4) is 0 Å². The van der Waals surface area contributed by atoms with Crippen LogP contribution in [0.5, 0.6) is 0 Å². The number of para-hydroxylation sites is 1. The summed E-state index contributed by atoms with van der Waals surface area (Å²) in [4.78, 5) is 39.7. The number of imide groups is 1. The molecule has 5 heteroatoms. The SMILES string of the molecule is Cc1ccccc1NC(=O)c1ccc(N2C(=O)[C@H]3[C@H]4CC[C@@H](C4)[C@@H]3C2=O)cc1. The van der Waals surface area contributed by atoms with Crippen molar-refractivity contribution in [2.75, 3.05) is 10.2 Å². The van der Waals surface area contributed by atoms with Crippen molar-refractivity contribution in [2.45, 2.75) is 26.2 Å². The molecule has 3 aliphatic rings. The van der Waals surface area contributed by atoms with E-state index < -0.39 is 0 Å². The Morgan fingerprint density at radius 3 is 2.14 bits per heavy atom. The van der Waals surface area contributed by atoms with E-state index >= 15 is 0 Å². The number of aryl methyl sites for hydroxylation is 1. The van der Waals surface area contributed by atoms with Gasteiger partial charge in [0.25, 0.3) is 5.91 Å². The predicted octanol–water partition coefficient (Wildman–Crippen LogP) is 3.78. The van der Waals surface area contributed by atoms with Gasteiger partial charge in [-0.15, -0.1) is 0 Å². The van der Waals surface area contributed by atoms with E-state index in [4.69, 9.17) is 0 Å². The Hall–Kier alpha value is -2.95. The maximum Gasteiger partial charge on any atom is 0.255 e. The van der Waals surface area contributed by atoms with Gasteiger partial charge in [0.1, 0.15) is 0 Å². The Bertz CT molecular complexity index is 954. The summed E-state index contributed by atoms with van der Waals surface area (Å²) < 4.78 is 0. The topological polar surface area (TPSA) is 66.5 Å². The molecule has 1 N–H and O–H groups in total. The van der Waals surface area contributed by atoms with Crippen LogP contribution in [0.25, 0.3) is 0 Å². The molecule has 2 bridgehead atoms. The monoisotopic (exact) mass is 374 g/mol. The lowest BCUT2D eigenvalue weighted by molar-refractivity contribution is -0.123. The highest BCUT2D eigenvalue weighted by molar-refractivity contribution is 6.22. The molecule has 5 rings (SSSR count). The van der Waals surface area contributed by atoms with Gasteiger partial charge in [0.05, 0.1) is 17.5 Å². The van der Waals surface area contributed by atoms with Gasteiger partial charge in [-0.05, 0) is 73.9 Å². The first-order valence-electron chi connectivity index (χ1n) is 9.89. The first kappa shape index (κ1) is 17.2. The summed E-state index contributed by atoms with van der Waals surface area (Å²) in [6.07, 6.45) is 3.16. The number of hydrogen-bond acceptors (Lipinski definition) is 3. The van der Waals surface area contributed by atoms with Crippen LogP contribution in [-0.2, 0) is 9.59 Å². The quantitative estimate of drug-likeness (QED) is 0.832. The van der Waals surface area contributed by atoms with Crippen molar-refractivity contribution in [3.63, 3.8) is 0 Å². The highest BCUT2D eigenvalue weighted by atomic mass is 16.2. The van der Waals surface area contributed by atoms with Gasteiger partial charge in [-0.3, -0.25) is 19.3 Å². The molecule has 0 unspecified atom stereocenters. The molecule has 5 nitrogen and oxygen atoms in total. The molecule has 4 atom stereocenters. The van der Waals surface area contributed by atoms with Crippen molar-refractivity contribution < 1.29 is 14.4 Å². The number of fused-ring (bicyclic) bond motifs is 5. The minimum absolute atomic E-state index is 0.0562. The molecule has 2 aromatic carbocycles. The molecule has 1 aliphatic heterocycles. The molecule has 2 aliphatic carbocycles. The second-order valence-corrected chi connectivity index (χ2v) is 8.21. The maximum absolute atomic E-state index is 12.9. The molecule has 3 fully saturated rings. The van der Waals surface area contributed by atoms with Crippen molar-refractivity contribution >= 4 is 29.1 Å². The van der Waals surface area contributed by atoms with Crippen molar-refractivity contribution in [1.29, 1.82) is 0 Å². The lowest BCUT2D eigenvalue weighted by Crippen LogP contribution is -2.32. The number of carbonyl (C=O) groups is 3. The lowest BCUT2D eigenvalue weighted by Gasteiger charge is -2.19. The van der Waals surface area contributed by atoms with E-state index in [1.807, 2.05) is 31.2 Å². The molecule has 0 aromatic heterocycles. The minimum atomic E-state index is -0.213. The average Bonchev–Trinajstić information content (AvgIpc) is 3.38. The second kappa shape index (κ2) is 6.30. The molecule has 1 heterocycles. The molecule has 0 spiro atoms. The van der Waals surface area contributed by atoms with Gasteiger partial charge in [0, 0.05) is 11.3 Å². The molecular weight excluding hydrogens is 352 g/mol. The summed E-state index contributed by atoms with van der Waals surface area (Å²) >= 11 is 0. The van der Waals surface area contributed by atoms with Crippen molar-refractivity contribution in [3.8, 4) is 0 Å². The summed E-state index contributed by atoms with van der Waals surface area (Å²) in [7, 11) is 0. The van der Waals surface area contributed by atoms with E-state index in [1.165, 1.54) is 4.90 Å². The lowest BCUT2D eigenvalue weighted by atomic mass is 9.81. The van der Waals surface area contributed by atoms with Crippen molar-refractivity contribution in [3.05, 3.63) is 59.7 Å². The number of carbonyl (C=O) groups excluding carboxylic acids is 3. The van der Waals surface area contributed by atoms with Crippen LogP contribution < -0.4 is 10.2 Å². The summed E-state index contributed by atoms with van der Waals surface area (Å²) in [5.74, 6) is 0.158. The third kappa shape index (κ3) is 2.49. The van der Waals surface area contributed by atoms with Crippen LogP contribution in [-0.4, -0.2) is 17.7 Å². The van der Waals surface area contributed by atoms with Gasteiger partial charge in [0.15, 0.2) is 0 Å². The Balaban J connectivity index is 1.36. The number of benzene rings is 2. The van der Waals surface area contributed by atoms with Gasteiger partial charge >= 0.3 is 0 Å². The average molecular weight is 374 g/mol. The van der Waals surface area contributed by atoms with Crippen LogP contribution in [0.2, 0.25) is 0 Å². The van der Waals surface area contributed by atoms with E-state index in [0.717, 1.165) is 30.5 Å². The highest BCUT2D eigenvalue weighted by Crippen LogP contribution is 2.56. The molecule has 28 heavy (non-hydrogen) atoms. The van der Waals surface area contributed by atoms with E-state index in [1.54, 1.807) is 24.3 Å². The maximum atomic E-state index is 12.9. The minimum Gasteiger partial charge on any atom is -0.322 e. The van der Waals surface area contributed by atoms with E-state index in [2.05, 4.69) is 5.32 Å². The van der Waals surface area contributed by atoms with Gasteiger partial charge in [-0.1, -0.05) is 18.2 Å². The van der Waals surface area contributed by atoms with Crippen LogP contribution in [0, 0.1) is 30.6 Å². The molecule has 1 saturated heterocycles. The van der Waals surface area contributed by atoms with Crippen LogP contribution in [0.15, 0.2) is 48.5 Å². The highest BCUT2D eigenvalue weighted by Gasteiger charge is 2.61.